The second-order valence-electron chi connectivity index (χ2n) is 7.34. The van der Waals surface area contributed by atoms with Crippen molar-refractivity contribution in [1.82, 2.24) is 15.2 Å². The van der Waals surface area contributed by atoms with Gasteiger partial charge in [-0.15, -0.1) is 0 Å². The first-order valence-corrected chi connectivity index (χ1v) is 9.35. The highest BCUT2D eigenvalue weighted by Gasteiger charge is 2.46. The Morgan fingerprint density at radius 3 is 2.72 bits per heavy atom. The first kappa shape index (κ1) is 17.5. The minimum atomic E-state index is -1.56. The maximum absolute atomic E-state index is 13.0. The topological polar surface area (TPSA) is 79.2 Å². The number of benzene rings is 2. The summed E-state index contributed by atoms with van der Waals surface area (Å²) in [5.74, 6) is -0.386. The fraction of sp³-hybridized carbons (Fsp3) is 0.130. The predicted octanol–water partition coefficient (Wildman–Crippen LogP) is 3.50. The van der Waals surface area contributed by atoms with Gasteiger partial charge in [-0.25, -0.2) is 0 Å². The van der Waals surface area contributed by atoms with Gasteiger partial charge in [0.2, 0.25) is 0 Å². The number of nitrogens with zero attached hydrogens (tertiary/aromatic N) is 4. The van der Waals surface area contributed by atoms with Crippen molar-refractivity contribution >= 4 is 28.1 Å². The first-order valence-electron chi connectivity index (χ1n) is 9.35. The van der Waals surface area contributed by atoms with E-state index >= 15 is 0 Å². The van der Waals surface area contributed by atoms with Crippen LogP contribution in [0.25, 0.3) is 10.8 Å². The molecule has 0 spiro atoms. The van der Waals surface area contributed by atoms with Crippen molar-refractivity contribution in [2.75, 3.05) is 4.90 Å². The van der Waals surface area contributed by atoms with Crippen LogP contribution in [0.15, 0.2) is 73.2 Å². The van der Waals surface area contributed by atoms with Gasteiger partial charge in [-0.05, 0) is 24.6 Å². The molecule has 3 heterocycles. The van der Waals surface area contributed by atoms with E-state index < -0.39 is 5.60 Å². The van der Waals surface area contributed by atoms with Crippen LogP contribution in [0.4, 0.5) is 11.4 Å². The number of carbonyl (C=O) groups excluding carboxylic acids is 1. The molecule has 1 aliphatic rings. The highest BCUT2D eigenvalue weighted by Crippen LogP contribution is 2.43. The van der Waals surface area contributed by atoms with Crippen LogP contribution in [0.5, 0.6) is 0 Å². The zero-order valence-corrected chi connectivity index (χ0v) is 15.8. The van der Waals surface area contributed by atoms with Crippen LogP contribution in [0, 0.1) is 0 Å². The van der Waals surface area contributed by atoms with Gasteiger partial charge in [0.25, 0.3) is 5.91 Å². The number of rotatable bonds is 3. The molecule has 1 amide bonds. The maximum atomic E-state index is 13.0. The Balaban J connectivity index is 1.55. The second-order valence-corrected chi connectivity index (χ2v) is 7.34. The monoisotopic (exact) mass is 382 g/mol. The Kier molecular flexibility index (Phi) is 3.89. The lowest BCUT2D eigenvalue weighted by Crippen LogP contribution is -2.35. The molecular weight excluding hydrogens is 364 g/mol. The smallest absolute Gasteiger partial charge is 0.267 e. The van der Waals surface area contributed by atoms with Crippen LogP contribution >= 0.6 is 0 Å². The molecule has 6 nitrogen and oxygen atoms in total. The molecule has 0 fully saturated rings. The van der Waals surface area contributed by atoms with E-state index in [9.17, 15) is 9.90 Å². The Morgan fingerprint density at radius 1 is 1.03 bits per heavy atom. The van der Waals surface area contributed by atoms with Crippen molar-refractivity contribution in [3.63, 3.8) is 0 Å². The first-order chi connectivity index (χ1) is 14.1. The molecule has 0 bridgehead atoms. The summed E-state index contributed by atoms with van der Waals surface area (Å²) in [5.41, 5.74) is 2.08. The van der Waals surface area contributed by atoms with Crippen molar-refractivity contribution < 1.29 is 9.90 Å². The molecule has 1 atom stereocenters. The fourth-order valence-electron chi connectivity index (χ4n) is 3.88. The number of fused-ring (bicyclic) bond motifs is 2. The third kappa shape index (κ3) is 2.77. The molecule has 2 aromatic carbocycles. The van der Waals surface area contributed by atoms with E-state index in [1.165, 1.54) is 11.8 Å². The van der Waals surface area contributed by atoms with Crippen LogP contribution < -0.4 is 4.90 Å². The molecule has 5 rings (SSSR count). The van der Waals surface area contributed by atoms with Crippen molar-refractivity contribution in [3.8, 4) is 0 Å². The lowest BCUT2D eigenvalue weighted by atomic mass is 9.98. The van der Waals surface area contributed by atoms with Crippen molar-refractivity contribution in [1.29, 1.82) is 0 Å². The maximum Gasteiger partial charge on any atom is 0.267 e. The zero-order chi connectivity index (χ0) is 20.0. The average molecular weight is 382 g/mol. The van der Waals surface area contributed by atoms with Gasteiger partial charge in [-0.2, -0.15) is 10.2 Å². The van der Waals surface area contributed by atoms with E-state index in [4.69, 9.17) is 0 Å². The van der Waals surface area contributed by atoms with E-state index in [1.54, 1.807) is 24.7 Å². The van der Waals surface area contributed by atoms with Crippen LogP contribution in [-0.2, 0) is 16.8 Å². The van der Waals surface area contributed by atoms with Gasteiger partial charge in [-0.1, -0.05) is 42.5 Å². The van der Waals surface area contributed by atoms with Gasteiger partial charge in [0, 0.05) is 29.0 Å². The Bertz CT molecular complexity index is 1250. The number of para-hydroxylation sites is 1. The highest BCUT2D eigenvalue weighted by molar-refractivity contribution is 6.11. The summed E-state index contributed by atoms with van der Waals surface area (Å²) in [6, 6.07) is 17.2. The molecule has 0 saturated heterocycles. The Labute approximate surface area is 167 Å². The summed E-state index contributed by atoms with van der Waals surface area (Å²) >= 11 is 0. The number of anilines is 2. The number of aromatic nitrogens is 3. The molecule has 1 N–H and O–H groups in total. The third-order valence-corrected chi connectivity index (χ3v) is 5.35. The highest BCUT2D eigenvalue weighted by atomic mass is 16.3. The van der Waals surface area contributed by atoms with E-state index in [2.05, 4.69) is 15.2 Å². The molecular formula is C23H18N4O2. The van der Waals surface area contributed by atoms with Gasteiger partial charge in [-0.3, -0.25) is 14.7 Å². The summed E-state index contributed by atoms with van der Waals surface area (Å²) in [6.45, 7) is 1.52. The number of pyridine rings is 1. The van der Waals surface area contributed by atoms with Crippen molar-refractivity contribution in [2.24, 2.45) is 0 Å². The van der Waals surface area contributed by atoms with Crippen molar-refractivity contribution in [2.45, 2.75) is 18.9 Å². The largest absolute Gasteiger partial charge is 0.375 e. The summed E-state index contributed by atoms with van der Waals surface area (Å²) in [6.07, 6.45) is 5.68. The number of aliphatic hydroxyl groups is 1. The normalized spacial score (nSPS) is 18.3. The summed E-state index contributed by atoms with van der Waals surface area (Å²) in [7, 11) is 0. The molecule has 1 aliphatic heterocycles. The quantitative estimate of drug-likeness (QED) is 0.587. The Hall–Kier alpha value is -3.64. The molecule has 142 valence electrons. The van der Waals surface area contributed by atoms with Gasteiger partial charge >= 0.3 is 0 Å². The lowest BCUT2D eigenvalue weighted by molar-refractivity contribution is -0.133. The predicted molar refractivity (Wildman–Crippen MR) is 110 cm³/mol. The van der Waals surface area contributed by atoms with E-state index in [-0.39, 0.29) is 5.91 Å². The zero-order valence-electron chi connectivity index (χ0n) is 15.8. The summed E-state index contributed by atoms with van der Waals surface area (Å²) < 4.78 is 0. The fourth-order valence-corrected chi connectivity index (χ4v) is 3.88. The minimum absolute atomic E-state index is 0.386. The summed E-state index contributed by atoms with van der Waals surface area (Å²) in [5, 5.41) is 21.2. The van der Waals surface area contributed by atoms with Crippen LogP contribution in [-0.4, -0.2) is 26.2 Å². The SMILES string of the molecule is C[C@@]1(O)C(=O)N(c2cncc(Cc3nncc4ccccc34)c2)c2ccccc21. The molecule has 0 radical (unpaired) electrons. The van der Waals surface area contributed by atoms with Crippen LogP contribution in [0.2, 0.25) is 0 Å². The molecule has 0 saturated carbocycles. The Morgan fingerprint density at radius 2 is 1.83 bits per heavy atom. The lowest BCUT2D eigenvalue weighted by Gasteiger charge is -2.20. The minimum Gasteiger partial charge on any atom is -0.375 e. The number of amides is 1. The number of carbonyl (C=O) groups is 1. The van der Waals surface area contributed by atoms with E-state index in [0.717, 1.165) is 22.0 Å². The van der Waals surface area contributed by atoms with E-state index in [0.29, 0.717) is 23.4 Å². The third-order valence-electron chi connectivity index (χ3n) is 5.35. The van der Waals surface area contributed by atoms with Crippen molar-refractivity contribution in [3.05, 3.63) is 90.0 Å². The second kappa shape index (κ2) is 6.46. The molecule has 6 heteroatoms. The average Bonchev–Trinajstić information content (AvgIpc) is 2.95. The number of hydrogen-bond donors (Lipinski definition) is 1. The standard InChI is InChI=1S/C23H18N4O2/c1-23(29)19-8-4-5-9-21(19)27(22(23)28)17-10-15(12-24-14-17)11-20-18-7-3-2-6-16(18)13-25-26-20/h2-10,12-14,29H,11H2,1H3/t23-/m0/s1. The van der Waals surface area contributed by atoms with Crippen LogP contribution in [0.1, 0.15) is 23.7 Å². The van der Waals surface area contributed by atoms with E-state index in [1.807, 2.05) is 48.5 Å². The van der Waals surface area contributed by atoms with Gasteiger partial charge < -0.3 is 5.11 Å². The van der Waals surface area contributed by atoms with Gasteiger partial charge in [0.15, 0.2) is 5.60 Å². The molecule has 4 aromatic rings. The molecule has 29 heavy (non-hydrogen) atoms. The molecule has 0 unspecified atom stereocenters. The van der Waals surface area contributed by atoms with Gasteiger partial charge in [0.05, 0.1) is 29.5 Å². The summed E-state index contributed by atoms with van der Waals surface area (Å²) in [4.78, 5) is 18.8. The van der Waals surface area contributed by atoms with Crippen LogP contribution in [0.3, 0.4) is 0 Å². The van der Waals surface area contributed by atoms with Gasteiger partial charge in [0.1, 0.15) is 0 Å². The molecule has 2 aromatic heterocycles. The number of hydrogen-bond acceptors (Lipinski definition) is 5. The molecule has 0 aliphatic carbocycles.